The Morgan fingerprint density at radius 3 is 2.71 bits per heavy atom. The van der Waals surface area contributed by atoms with Gasteiger partial charge in [-0.2, -0.15) is 0 Å². The molecule has 0 atom stereocenters. The molecule has 1 aromatic heterocycles. The molecule has 1 amide bonds. The minimum Gasteiger partial charge on any atom is -0.492 e. The average molecular weight is 447 g/mol. The maximum Gasteiger partial charge on any atom is 0.344 e. The van der Waals surface area contributed by atoms with Crippen LogP contribution in [0.2, 0.25) is 5.02 Å². The van der Waals surface area contributed by atoms with E-state index in [9.17, 15) is 14.0 Å². The van der Waals surface area contributed by atoms with Crippen LogP contribution in [0.25, 0.3) is 11.3 Å². The number of hydrogen-bond acceptors (Lipinski definition) is 6. The summed E-state index contributed by atoms with van der Waals surface area (Å²) in [5.74, 6) is -1.24. The lowest BCUT2D eigenvalue weighted by Crippen LogP contribution is -2.32. The summed E-state index contributed by atoms with van der Waals surface area (Å²) < 4.78 is 29.8. The number of aryl methyl sites for hydroxylation is 2. The fourth-order valence-electron chi connectivity index (χ4n) is 2.83. The zero-order valence-corrected chi connectivity index (χ0v) is 17.7. The predicted octanol–water partition coefficient (Wildman–Crippen LogP) is 4.10. The van der Waals surface area contributed by atoms with E-state index in [2.05, 4.69) is 10.5 Å². The summed E-state index contributed by atoms with van der Waals surface area (Å²) in [7, 11) is 0. The second-order valence-electron chi connectivity index (χ2n) is 6.65. The number of esters is 1. The highest BCUT2D eigenvalue weighted by Crippen LogP contribution is 2.33. The molecule has 0 bridgehead atoms. The summed E-state index contributed by atoms with van der Waals surface area (Å²) in [6.45, 7) is 3.38. The van der Waals surface area contributed by atoms with Gasteiger partial charge in [0.05, 0.1) is 17.1 Å². The number of nitrogens with one attached hydrogen (secondary N) is 1. The van der Waals surface area contributed by atoms with Crippen molar-refractivity contribution >= 4 is 23.5 Å². The van der Waals surface area contributed by atoms with Crippen LogP contribution in [0.4, 0.5) is 4.39 Å². The van der Waals surface area contributed by atoms with Gasteiger partial charge < -0.3 is 19.3 Å². The van der Waals surface area contributed by atoms with E-state index in [-0.39, 0.29) is 40.8 Å². The molecule has 2 aromatic carbocycles. The number of aromatic nitrogens is 1. The molecule has 0 spiro atoms. The van der Waals surface area contributed by atoms with Crippen molar-refractivity contribution in [3.63, 3.8) is 0 Å². The van der Waals surface area contributed by atoms with Gasteiger partial charge in [0.15, 0.2) is 6.61 Å². The van der Waals surface area contributed by atoms with Crippen molar-refractivity contribution in [3.05, 3.63) is 70.2 Å². The lowest BCUT2D eigenvalue weighted by Gasteiger charge is -2.09. The van der Waals surface area contributed by atoms with Crippen molar-refractivity contribution in [1.82, 2.24) is 10.5 Å². The molecule has 7 nitrogen and oxygen atoms in total. The van der Waals surface area contributed by atoms with E-state index in [1.54, 1.807) is 0 Å². The molecule has 0 unspecified atom stereocenters. The van der Waals surface area contributed by atoms with Crippen LogP contribution in [-0.2, 0) is 9.53 Å². The fourth-order valence-corrected chi connectivity index (χ4v) is 3.08. The molecular weight excluding hydrogens is 427 g/mol. The van der Waals surface area contributed by atoms with Crippen LogP contribution in [0.5, 0.6) is 5.75 Å². The molecule has 0 saturated carbocycles. The Hall–Kier alpha value is -3.39. The van der Waals surface area contributed by atoms with Gasteiger partial charge in [-0.25, -0.2) is 9.18 Å². The Morgan fingerprint density at radius 2 is 1.97 bits per heavy atom. The number of rotatable bonds is 8. The molecule has 1 heterocycles. The van der Waals surface area contributed by atoms with Crippen LogP contribution >= 0.6 is 11.6 Å². The SMILES string of the molecule is Cc1cccc(OCCNC(=O)COC(=O)c2c(-c3c(F)cccc3Cl)noc2C)c1. The number of benzene rings is 2. The third-order valence-corrected chi connectivity index (χ3v) is 4.60. The van der Waals surface area contributed by atoms with Crippen LogP contribution in [0, 0.1) is 19.7 Å². The number of amides is 1. The molecule has 0 aliphatic carbocycles. The molecule has 3 rings (SSSR count). The topological polar surface area (TPSA) is 90.7 Å². The van der Waals surface area contributed by atoms with Crippen LogP contribution in [0.15, 0.2) is 47.0 Å². The quantitative estimate of drug-likeness (QED) is 0.414. The maximum absolute atomic E-state index is 14.2. The molecule has 0 saturated heterocycles. The van der Waals surface area contributed by atoms with E-state index in [0.29, 0.717) is 5.75 Å². The Labute approximate surface area is 183 Å². The Morgan fingerprint density at radius 1 is 1.19 bits per heavy atom. The van der Waals surface area contributed by atoms with Gasteiger partial charge in [0, 0.05) is 0 Å². The van der Waals surface area contributed by atoms with Crippen molar-refractivity contribution in [2.75, 3.05) is 19.8 Å². The Bertz CT molecular complexity index is 1080. The van der Waals surface area contributed by atoms with E-state index >= 15 is 0 Å². The lowest BCUT2D eigenvalue weighted by molar-refractivity contribution is -0.124. The molecule has 0 aliphatic rings. The number of halogens is 2. The highest BCUT2D eigenvalue weighted by Gasteiger charge is 2.26. The summed E-state index contributed by atoms with van der Waals surface area (Å²) in [6, 6.07) is 11.6. The third-order valence-electron chi connectivity index (χ3n) is 4.28. The fraction of sp³-hybridized carbons (Fsp3) is 0.227. The standard InChI is InChI=1S/C22H20ClFN2O5/c1-13-5-3-6-15(11-13)29-10-9-25-18(27)12-30-22(28)19-14(2)31-26-21(19)20-16(23)7-4-8-17(20)24/h3-8,11H,9-10,12H2,1-2H3,(H,25,27). The molecule has 162 valence electrons. The highest BCUT2D eigenvalue weighted by atomic mass is 35.5. The number of hydrogen-bond donors (Lipinski definition) is 1. The van der Waals surface area contributed by atoms with E-state index in [0.717, 1.165) is 5.56 Å². The zero-order valence-electron chi connectivity index (χ0n) is 16.9. The van der Waals surface area contributed by atoms with E-state index in [4.69, 9.17) is 25.6 Å². The number of carbonyl (C=O) groups excluding carboxylic acids is 2. The van der Waals surface area contributed by atoms with E-state index in [1.165, 1.54) is 25.1 Å². The summed E-state index contributed by atoms with van der Waals surface area (Å²) in [5, 5.41) is 6.38. The Kier molecular flexibility index (Phi) is 7.25. The largest absolute Gasteiger partial charge is 0.492 e. The van der Waals surface area contributed by atoms with Gasteiger partial charge in [-0.3, -0.25) is 4.79 Å². The van der Waals surface area contributed by atoms with Crippen molar-refractivity contribution < 1.29 is 28.0 Å². The van der Waals surface area contributed by atoms with Crippen molar-refractivity contribution in [1.29, 1.82) is 0 Å². The normalized spacial score (nSPS) is 10.6. The van der Waals surface area contributed by atoms with E-state index < -0.39 is 24.3 Å². The molecule has 9 heteroatoms. The van der Waals surface area contributed by atoms with Crippen LogP contribution < -0.4 is 10.1 Å². The van der Waals surface area contributed by atoms with Gasteiger partial charge >= 0.3 is 5.97 Å². The zero-order chi connectivity index (χ0) is 22.4. The van der Waals surface area contributed by atoms with Gasteiger partial charge in [0.1, 0.15) is 35.2 Å². The van der Waals surface area contributed by atoms with Crippen molar-refractivity contribution in [2.24, 2.45) is 0 Å². The van der Waals surface area contributed by atoms with Crippen LogP contribution in [0.1, 0.15) is 21.7 Å². The molecule has 0 radical (unpaired) electrons. The first kappa shape index (κ1) is 22.3. The van der Waals surface area contributed by atoms with Crippen molar-refractivity contribution in [2.45, 2.75) is 13.8 Å². The first-order valence-electron chi connectivity index (χ1n) is 9.40. The van der Waals surface area contributed by atoms with Gasteiger partial charge in [0.25, 0.3) is 5.91 Å². The lowest BCUT2D eigenvalue weighted by atomic mass is 10.1. The summed E-state index contributed by atoms with van der Waals surface area (Å²) >= 11 is 6.05. The highest BCUT2D eigenvalue weighted by molar-refractivity contribution is 6.33. The number of ether oxygens (including phenoxy) is 2. The monoisotopic (exact) mass is 446 g/mol. The minimum atomic E-state index is -0.876. The van der Waals surface area contributed by atoms with Gasteiger partial charge in [0.2, 0.25) is 0 Å². The van der Waals surface area contributed by atoms with Gasteiger partial charge in [-0.15, -0.1) is 0 Å². The second-order valence-corrected chi connectivity index (χ2v) is 7.06. The van der Waals surface area contributed by atoms with E-state index in [1.807, 2.05) is 31.2 Å². The molecule has 3 aromatic rings. The summed E-state index contributed by atoms with van der Waals surface area (Å²) in [6.07, 6.45) is 0. The Balaban J connectivity index is 1.54. The van der Waals surface area contributed by atoms with Crippen LogP contribution in [0.3, 0.4) is 0 Å². The first-order valence-corrected chi connectivity index (χ1v) is 9.78. The number of nitrogens with zero attached hydrogens (tertiary/aromatic N) is 1. The minimum absolute atomic E-state index is 0.0636. The van der Waals surface area contributed by atoms with Crippen LogP contribution in [-0.4, -0.2) is 36.8 Å². The van der Waals surface area contributed by atoms with Gasteiger partial charge in [-0.1, -0.05) is 35.0 Å². The first-order chi connectivity index (χ1) is 14.9. The van der Waals surface area contributed by atoms with Crippen molar-refractivity contribution in [3.8, 4) is 17.0 Å². The smallest absolute Gasteiger partial charge is 0.344 e. The summed E-state index contributed by atoms with van der Waals surface area (Å²) in [5.41, 5.74) is 0.805. The average Bonchev–Trinajstić information content (AvgIpc) is 3.10. The van der Waals surface area contributed by atoms with Gasteiger partial charge in [-0.05, 0) is 43.7 Å². The third kappa shape index (κ3) is 5.61. The molecule has 31 heavy (non-hydrogen) atoms. The molecular formula is C22H20ClFN2O5. The molecule has 1 N–H and O–H groups in total. The maximum atomic E-state index is 14.2. The predicted molar refractivity (Wildman–Crippen MR) is 112 cm³/mol. The molecule has 0 fully saturated rings. The second kappa shape index (κ2) is 10.1. The summed E-state index contributed by atoms with van der Waals surface area (Å²) in [4.78, 5) is 24.5. The molecule has 0 aliphatic heterocycles. The number of carbonyl (C=O) groups is 2.